The fraction of sp³-hybridized carbons (Fsp3) is 0.280. The number of carbonyl (C=O) groups is 2. The lowest BCUT2D eigenvalue weighted by Gasteiger charge is -2.34. The molecule has 4 rings (SSSR count). The van der Waals surface area contributed by atoms with Gasteiger partial charge in [0.15, 0.2) is 5.78 Å². The van der Waals surface area contributed by atoms with Crippen molar-refractivity contribution in [2.75, 3.05) is 6.61 Å². The lowest BCUT2D eigenvalue weighted by molar-refractivity contribution is -0.139. The Morgan fingerprint density at radius 1 is 1.10 bits per heavy atom. The van der Waals surface area contributed by atoms with Gasteiger partial charge in [-0.15, -0.1) is 0 Å². The molecule has 1 heterocycles. The topological polar surface area (TPSA) is 55.4 Å². The molecule has 4 nitrogen and oxygen atoms in total. The predicted molar refractivity (Wildman–Crippen MR) is 120 cm³/mol. The van der Waals surface area contributed by atoms with Gasteiger partial charge in [-0.3, -0.25) is 4.79 Å². The van der Waals surface area contributed by atoms with Crippen LogP contribution in [-0.4, -0.2) is 18.4 Å². The Morgan fingerprint density at radius 2 is 1.83 bits per heavy atom. The van der Waals surface area contributed by atoms with Gasteiger partial charge in [0.2, 0.25) is 0 Å². The first-order valence-corrected chi connectivity index (χ1v) is 11.0. The van der Waals surface area contributed by atoms with Crippen LogP contribution in [0, 0.1) is 0 Å². The second-order valence-corrected chi connectivity index (χ2v) is 8.51. The highest BCUT2D eigenvalue weighted by atomic mass is 79.9. The van der Waals surface area contributed by atoms with Crippen LogP contribution in [0.25, 0.3) is 0 Å². The molecule has 0 saturated carbocycles. The summed E-state index contributed by atoms with van der Waals surface area (Å²) >= 11 is 3.62. The molecule has 2 aromatic rings. The quantitative estimate of drug-likeness (QED) is 0.616. The number of rotatable bonds is 5. The second-order valence-electron chi connectivity index (χ2n) is 7.66. The molecule has 5 heteroatoms. The van der Waals surface area contributed by atoms with E-state index < -0.39 is 5.92 Å². The van der Waals surface area contributed by atoms with Crippen LogP contribution in [-0.2, 0) is 20.7 Å². The van der Waals surface area contributed by atoms with Crippen LogP contribution < -0.4 is 5.32 Å². The van der Waals surface area contributed by atoms with Crippen molar-refractivity contribution in [2.24, 2.45) is 0 Å². The Morgan fingerprint density at radius 3 is 2.60 bits per heavy atom. The summed E-state index contributed by atoms with van der Waals surface area (Å²) in [5.74, 6) is -0.693. The van der Waals surface area contributed by atoms with Gasteiger partial charge in [0, 0.05) is 40.2 Å². The molecule has 0 amide bonds. The van der Waals surface area contributed by atoms with Gasteiger partial charge in [0.25, 0.3) is 0 Å². The molecule has 0 fully saturated rings. The van der Waals surface area contributed by atoms with Crippen LogP contribution >= 0.6 is 15.9 Å². The van der Waals surface area contributed by atoms with E-state index in [0.717, 1.165) is 39.8 Å². The average Bonchev–Trinajstić information content (AvgIpc) is 2.74. The SMILES string of the molecule is CC1=C(C(=O)OCCc2ccccc2)[C@@H](c2ccccc2Br)C2=C(CCCC2=O)N1. The molecule has 1 aliphatic carbocycles. The third kappa shape index (κ3) is 4.12. The summed E-state index contributed by atoms with van der Waals surface area (Å²) in [6.45, 7) is 2.18. The molecular formula is C25H24BrNO3. The molecule has 2 aromatic carbocycles. The van der Waals surface area contributed by atoms with Crippen LogP contribution in [0.3, 0.4) is 0 Å². The maximum Gasteiger partial charge on any atom is 0.336 e. The average molecular weight is 466 g/mol. The number of dihydropyridines is 1. The van der Waals surface area contributed by atoms with E-state index in [9.17, 15) is 9.59 Å². The number of carbonyl (C=O) groups excluding carboxylic acids is 2. The van der Waals surface area contributed by atoms with Gasteiger partial charge in [-0.1, -0.05) is 64.5 Å². The number of benzene rings is 2. The number of halogens is 1. The number of hydrogen-bond donors (Lipinski definition) is 1. The van der Waals surface area contributed by atoms with E-state index in [1.54, 1.807) is 0 Å². The van der Waals surface area contributed by atoms with Crippen molar-refractivity contribution >= 4 is 27.7 Å². The summed E-state index contributed by atoms with van der Waals surface area (Å²) < 4.78 is 6.56. The zero-order valence-corrected chi connectivity index (χ0v) is 18.5. The van der Waals surface area contributed by atoms with Crippen molar-refractivity contribution < 1.29 is 14.3 Å². The van der Waals surface area contributed by atoms with Gasteiger partial charge in [0.1, 0.15) is 0 Å². The standard InChI is InChI=1S/C25H24BrNO3/c1-16-22(25(29)30-15-14-17-8-3-2-4-9-17)23(18-10-5-6-11-19(18)26)24-20(27-16)12-7-13-21(24)28/h2-6,8-11,23,27H,7,12-15H2,1H3/t23-/m1/s1. The minimum absolute atomic E-state index is 0.103. The molecule has 0 unspecified atom stereocenters. The first-order chi connectivity index (χ1) is 14.6. The van der Waals surface area contributed by atoms with E-state index in [1.807, 2.05) is 61.5 Å². The summed E-state index contributed by atoms with van der Waals surface area (Å²) in [5, 5.41) is 3.33. The molecule has 1 N–H and O–H groups in total. The first-order valence-electron chi connectivity index (χ1n) is 10.3. The molecule has 0 bridgehead atoms. The van der Waals surface area contributed by atoms with Gasteiger partial charge in [-0.05, 0) is 37.0 Å². The van der Waals surface area contributed by atoms with Crippen molar-refractivity contribution in [3.05, 3.63) is 92.7 Å². The van der Waals surface area contributed by atoms with Crippen molar-refractivity contribution in [3.8, 4) is 0 Å². The first kappa shape index (κ1) is 20.6. The van der Waals surface area contributed by atoms with Crippen molar-refractivity contribution in [3.63, 3.8) is 0 Å². The van der Waals surface area contributed by atoms with E-state index in [1.165, 1.54) is 0 Å². The molecule has 2 aliphatic rings. The minimum atomic E-state index is -0.422. The predicted octanol–water partition coefficient (Wildman–Crippen LogP) is 5.20. The molecule has 0 spiro atoms. The monoisotopic (exact) mass is 465 g/mol. The van der Waals surface area contributed by atoms with Crippen molar-refractivity contribution in [1.82, 2.24) is 5.32 Å². The summed E-state index contributed by atoms with van der Waals surface area (Å²) in [6.07, 6.45) is 2.81. The third-order valence-corrected chi connectivity index (χ3v) is 6.40. The Kier molecular flexibility index (Phi) is 6.18. The number of ketones is 1. The lowest BCUT2D eigenvalue weighted by atomic mass is 9.75. The molecule has 154 valence electrons. The summed E-state index contributed by atoms with van der Waals surface area (Å²) in [7, 11) is 0. The number of Topliss-reactive ketones (excluding diaryl/α,β-unsaturated/α-hetero) is 1. The maximum atomic E-state index is 13.2. The molecule has 30 heavy (non-hydrogen) atoms. The number of allylic oxidation sites excluding steroid dienone is 3. The highest BCUT2D eigenvalue weighted by Crippen LogP contribution is 2.44. The Balaban J connectivity index is 1.65. The van der Waals surface area contributed by atoms with Crippen LogP contribution in [0.1, 0.15) is 43.2 Å². The number of ether oxygens (including phenoxy) is 1. The van der Waals surface area contributed by atoms with Gasteiger partial charge in [-0.2, -0.15) is 0 Å². The summed E-state index contributed by atoms with van der Waals surface area (Å²) in [4.78, 5) is 26.1. The fourth-order valence-electron chi connectivity index (χ4n) is 4.26. The molecule has 0 saturated heterocycles. The number of hydrogen-bond acceptors (Lipinski definition) is 4. The third-order valence-electron chi connectivity index (χ3n) is 5.68. The van der Waals surface area contributed by atoms with Gasteiger partial charge in [-0.25, -0.2) is 4.79 Å². The highest BCUT2D eigenvalue weighted by molar-refractivity contribution is 9.10. The normalized spacial score (nSPS) is 18.7. The Bertz CT molecular complexity index is 1040. The fourth-order valence-corrected chi connectivity index (χ4v) is 4.77. The number of esters is 1. The zero-order valence-electron chi connectivity index (χ0n) is 16.9. The summed E-state index contributed by atoms with van der Waals surface area (Å²) in [5.41, 5.74) is 4.95. The maximum absolute atomic E-state index is 13.2. The molecule has 1 aliphatic heterocycles. The van der Waals surface area contributed by atoms with Gasteiger partial charge in [0.05, 0.1) is 12.2 Å². The second kappa shape index (κ2) is 9.00. The van der Waals surface area contributed by atoms with Crippen molar-refractivity contribution in [2.45, 2.75) is 38.5 Å². The lowest BCUT2D eigenvalue weighted by Crippen LogP contribution is -2.34. The van der Waals surface area contributed by atoms with Crippen LogP contribution in [0.2, 0.25) is 0 Å². The van der Waals surface area contributed by atoms with Crippen LogP contribution in [0.4, 0.5) is 0 Å². The van der Waals surface area contributed by atoms with E-state index in [0.29, 0.717) is 30.6 Å². The van der Waals surface area contributed by atoms with Crippen LogP contribution in [0.5, 0.6) is 0 Å². The summed E-state index contributed by atoms with van der Waals surface area (Å²) in [6, 6.07) is 17.7. The van der Waals surface area contributed by atoms with Gasteiger partial charge >= 0.3 is 5.97 Å². The largest absolute Gasteiger partial charge is 0.462 e. The Labute approximate surface area is 185 Å². The molecule has 1 atom stereocenters. The molecule has 0 aromatic heterocycles. The van der Waals surface area contributed by atoms with E-state index in [-0.39, 0.29) is 11.8 Å². The Hall–Kier alpha value is -2.66. The van der Waals surface area contributed by atoms with Crippen LogP contribution in [0.15, 0.2) is 81.6 Å². The smallest absolute Gasteiger partial charge is 0.336 e. The van der Waals surface area contributed by atoms with Gasteiger partial charge < -0.3 is 10.1 Å². The number of nitrogens with one attached hydrogen (secondary N) is 1. The van der Waals surface area contributed by atoms with E-state index >= 15 is 0 Å². The molecule has 0 radical (unpaired) electrons. The highest BCUT2D eigenvalue weighted by Gasteiger charge is 2.39. The van der Waals surface area contributed by atoms with E-state index in [4.69, 9.17) is 4.74 Å². The van der Waals surface area contributed by atoms with E-state index in [2.05, 4.69) is 21.2 Å². The molecular weight excluding hydrogens is 442 g/mol. The zero-order chi connectivity index (χ0) is 21.1. The van der Waals surface area contributed by atoms with Crippen molar-refractivity contribution in [1.29, 1.82) is 0 Å². The minimum Gasteiger partial charge on any atom is -0.462 e.